The van der Waals surface area contributed by atoms with Crippen molar-refractivity contribution in [1.82, 2.24) is 4.98 Å². The Hall–Kier alpha value is -1.62. The van der Waals surface area contributed by atoms with Crippen LogP contribution in [0.2, 0.25) is 0 Å². The number of aromatic nitrogens is 1. The molecular weight excluding hydrogens is 232 g/mol. The summed E-state index contributed by atoms with van der Waals surface area (Å²) in [6.07, 6.45) is 5.27. The number of carbonyl (C=O) groups is 1. The molecule has 1 heterocycles. The minimum atomic E-state index is -0.975. The number of rotatable bonds is 4. The molecule has 5 heteroatoms. The summed E-state index contributed by atoms with van der Waals surface area (Å²) in [5.74, 6) is -0.0609. The standard InChI is InChI=1S/C13H18N2O3/c16-11-4-2-1-3-9(11)7-14-12-6-5-10(8-15-12)13(17)18/h5-6,8-9,11,16H,1-4,7H2,(H,14,15)(H,17,18). The summed E-state index contributed by atoms with van der Waals surface area (Å²) in [5, 5.41) is 21.7. The molecule has 2 atom stereocenters. The van der Waals surface area contributed by atoms with Gasteiger partial charge in [-0.1, -0.05) is 12.8 Å². The second-order valence-electron chi connectivity index (χ2n) is 4.73. The van der Waals surface area contributed by atoms with Crippen molar-refractivity contribution in [1.29, 1.82) is 0 Å². The normalized spacial score (nSPS) is 23.6. The molecule has 0 aromatic carbocycles. The number of nitrogens with one attached hydrogen (secondary N) is 1. The number of hydrogen-bond acceptors (Lipinski definition) is 4. The first kappa shape index (κ1) is 12.8. The lowest BCUT2D eigenvalue weighted by atomic mass is 9.86. The van der Waals surface area contributed by atoms with Gasteiger partial charge in [0.15, 0.2) is 0 Å². The van der Waals surface area contributed by atoms with Crippen LogP contribution in [0.15, 0.2) is 18.3 Å². The number of nitrogens with zero attached hydrogens (tertiary/aromatic N) is 1. The molecule has 0 saturated heterocycles. The van der Waals surface area contributed by atoms with Crippen molar-refractivity contribution < 1.29 is 15.0 Å². The Kier molecular flexibility index (Phi) is 4.15. The van der Waals surface area contributed by atoms with Crippen molar-refractivity contribution in [3.05, 3.63) is 23.9 Å². The summed E-state index contributed by atoms with van der Waals surface area (Å²) in [6.45, 7) is 0.681. The summed E-state index contributed by atoms with van der Waals surface area (Å²) in [5.41, 5.74) is 0.179. The maximum Gasteiger partial charge on any atom is 0.337 e. The molecule has 0 bridgehead atoms. The second-order valence-corrected chi connectivity index (χ2v) is 4.73. The van der Waals surface area contributed by atoms with E-state index in [0.717, 1.165) is 25.7 Å². The second kappa shape index (κ2) is 5.82. The van der Waals surface area contributed by atoms with Gasteiger partial charge in [-0.15, -0.1) is 0 Å². The van der Waals surface area contributed by atoms with Crippen LogP contribution in [0.1, 0.15) is 36.0 Å². The Morgan fingerprint density at radius 3 is 2.78 bits per heavy atom. The van der Waals surface area contributed by atoms with Gasteiger partial charge in [-0.05, 0) is 25.0 Å². The minimum absolute atomic E-state index is 0.179. The highest BCUT2D eigenvalue weighted by Gasteiger charge is 2.22. The van der Waals surface area contributed by atoms with E-state index in [0.29, 0.717) is 12.4 Å². The fourth-order valence-corrected chi connectivity index (χ4v) is 2.29. The number of pyridine rings is 1. The molecule has 1 aromatic heterocycles. The molecule has 1 aromatic rings. The smallest absolute Gasteiger partial charge is 0.337 e. The first-order chi connectivity index (χ1) is 8.66. The van der Waals surface area contributed by atoms with Crippen molar-refractivity contribution in [3.8, 4) is 0 Å². The van der Waals surface area contributed by atoms with Crippen LogP contribution in [0.3, 0.4) is 0 Å². The van der Waals surface area contributed by atoms with Crippen molar-refractivity contribution in [2.45, 2.75) is 31.8 Å². The van der Waals surface area contributed by atoms with Crippen LogP contribution in [-0.2, 0) is 0 Å². The van der Waals surface area contributed by atoms with Crippen molar-refractivity contribution in [2.75, 3.05) is 11.9 Å². The van der Waals surface area contributed by atoms with E-state index in [2.05, 4.69) is 10.3 Å². The highest BCUT2D eigenvalue weighted by Crippen LogP contribution is 2.24. The summed E-state index contributed by atoms with van der Waals surface area (Å²) in [7, 11) is 0. The average Bonchev–Trinajstić information content (AvgIpc) is 2.38. The van der Waals surface area contributed by atoms with Gasteiger partial charge in [-0.25, -0.2) is 9.78 Å². The summed E-state index contributed by atoms with van der Waals surface area (Å²) < 4.78 is 0. The molecule has 1 aliphatic carbocycles. The first-order valence-electron chi connectivity index (χ1n) is 6.28. The number of anilines is 1. The molecule has 3 N–H and O–H groups in total. The van der Waals surface area contributed by atoms with E-state index in [1.807, 2.05) is 0 Å². The largest absolute Gasteiger partial charge is 0.478 e. The predicted octanol–water partition coefficient (Wildman–Crippen LogP) is 1.74. The molecule has 0 radical (unpaired) electrons. The number of aromatic carboxylic acids is 1. The predicted molar refractivity (Wildman–Crippen MR) is 67.7 cm³/mol. The SMILES string of the molecule is O=C(O)c1ccc(NCC2CCCCC2O)nc1. The Balaban J connectivity index is 1.87. The Labute approximate surface area is 106 Å². The lowest BCUT2D eigenvalue weighted by molar-refractivity contribution is 0.0696. The lowest BCUT2D eigenvalue weighted by Gasteiger charge is -2.27. The van der Waals surface area contributed by atoms with Crippen LogP contribution in [0.5, 0.6) is 0 Å². The molecule has 1 saturated carbocycles. The number of hydrogen-bond donors (Lipinski definition) is 3. The fraction of sp³-hybridized carbons (Fsp3) is 0.538. The van der Waals surface area contributed by atoms with Gasteiger partial charge in [0, 0.05) is 18.7 Å². The van der Waals surface area contributed by atoms with E-state index in [1.165, 1.54) is 12.3 Å². The molecular formula is C13H18N2O3. The number of carboxylic acid groups (broad SMARTS) is 1. The van der Waals surface area contributed by atoms with Gasteiger partial charge in [-0.2, -0.15) is 0 Å². The van der Waals surface area contributed by atoms with E-state index in [1.54, 1.807) is 6.07 Å². The highest BCUT2D eigenvalue weighted by molar-refractivity contribution is 5.87. The highest BCUT2D eigenvalue weighted by atomic mass is 16.4. The van der Waals surface area contributed by atoms with Gasteiger partial charge < -0.3 is 15.5 Å². The van der Waals surface area contributed by atoms with E-state index in [-0.39, 0.29) is 17.6 Å². The molecule has 1 aliphatic rings. The maximum atomic E-state index is 10.7. The maximum absolute atomic E-state index is 10.7. The molecule has 0 spiro atoms. The monoisotopic (exact) mass is 250 g/mol. The van der Waals surface area contributed by atoms with Crippen LogP contribution in [0, 0.1) is 5.92 Å². The van der Waals surface area contributed by atoms with Crippen molar-refractivity contribution >= 4 is 11.8 Å². The topological polar surface area (TPSA) is 82.5 Å². The lowest BCUT2D eigenvalue weighted by Crippen LogP contribution is -2.30. The van der Waals surface area contributed by atoms with Gasteiger partial charge in [-0.3, -0.25) is 0 Å². The quantitative estimate of drug-likeness (QED) is 0.758. The van der Waals surface area contributed by atoms with Crippen LogP contribution >= 0.6 is 0 Å². The van der Waals surface area contributed by atoms with Gasteiger partial charge in [0.25, 0.3) is 0 Å². The third-order valence-electron chi connectivity index (χ3n) is 3.42. The van der Waals surface area contributed by atoms with Crippen molar-refractivity contribution in [2.24, 2.45) is 5.92 Å². The molecule has 0 aliphatic heterocycles. The third-order valence-corrected chi connectivity index (χ3v) is 3.42. The van der Waals surface area contributed by atoms with Gasteiger partial charge in [0.1, 0.15) is 5.82 Å². The number of carboxylic acids is 1. The van der Waals surface area contributed by atoms with Crippen LogP contribution in [0.25, 0.3) is 0 Å². The molecule has 18 heavy (non-hydrogen) atoms. The van der Waals surface area contributed by atoms with E-state index < -0.39 is 5.97 Å². The van der Waals surface area contributed by atoms with E-state index >= 15 is 0 Å². The third kappa shape index (κ3) is 3.20. The number of aliphatic hydroxyl groups is 1. The first-order valence-corrected chi connectivity index (χ1v) is 6.28. The summed E-state index contributed by atoms with van der Waals surface area (Å²) >= 11 is 0. The molecule has 98 valence electrons. The molecule has 1 fully saturated rings. The Morgan fingerprint density at radius 1 is 1.39 bits per heavy atom. The zero-order chi connectivity index (χ0) is 13.0. The zero-order valence-electron chi connectivity index (χ0n) is 10.2. The summed E-state index contributed by atoms with van der Waals surface area (Å²) in [4.78, 5) is 14.7. The van der Waals surface area contributed by atoms with Gasteiger partial charge in [0.2, 0.25) is 0 Å². The van der Waals surface area contributed by atoms with Crippen LogP contribution in [0.4, 0.5) is 5.82 Å². The molecule has 0 amide bonds. The zero-order valence-corrected chi connectivity index (χ0v) is 10.2. The fourth-order valence-electron chi connectivity index (χ4n) is 2.29. The Bertz CT molecular complexity index is 405. The number of aliphatic hydroxyl groups excluding tert-OH is 1. The Morgan fingerprint density at radius 2 is 2.17 bits per heavy atom. The van der Waals surface area contributed by atoms with E-state index in [9.17, 15) is 9.90 Å². The molecule has 5 nitrogen and oxygen atoms in total. The van der Waals surface area contributed by atoms with Crippen molar-refractivity contribution in [3.63, 3.8) is 0 Å². The average molecular weight is 250 g/mol. The van der Waals surface area contributed by atoms with Crippen LogP contribution < -0.4 is 5.32 Å². The van der Waals surface area contributed by atoms with Crippen LogP contribution in [-0.4, -0.2) is 33.8 Å². The molecule has 2 unspecified atom stereocenters. The van der Waals surface area contributed by atoms with Gasteiger partial charge >= 0.3 is 5.97 Å². The molecule has 2 rings (SSSR count). The summed E-state index contributed by atoms with van der Waals surface area (Å²) in [6, 6.07) is 3.17. The van der Waals surface area contributed by atoms with E-state index in [4.69, 9.17) is 5.11 Å². The van der Waals surface area contributed by atoms with Gasteiger partial charge in [0.05, 0.1) is 11.7 Å². The minimum Gasteiger partial charge on any atom is -0.478 e.